The van der Waals surface area contributed by atoms with Gasteiger partial charge in [0.1, 0.15) is 5.84 Å². The lowest BCUT2D eigenvalue weighted by molar-refractivity contribution is -0.137. The van der Waals surface area contributed by atoms with E-state index >= 15 is 0 Å². The number of halogens is 3. The maximum Gasteiger partial charge on any atom is 0.416 e. The summed E-state index contributed by atoms with van der Waals surface area (Å²) in [5.41, 5.74) is -0.154. The highest BCUT2D eigenvalue weighted by atomic mass is 19.4. The van der Waals surface area contributed by atoms with E-state index in [4.69, 9.17) is 0 Å². The Kier molecular flexibility index (Phi) is 2.38. The fourth-order valence-electron chi connectivity index (χ4n) is 1.43. The van der Waals surface area contributed by atoms with E-state index in [2.05, 4.69) is 10.3 Å². The first-order valence-corrected chi connectivity index (χ1v) is 4.53. The van der Waals surface area contributed by atoms with Gasteiger partial charge in [-0.25, -0.2) is 0 Å². The molecule has 0 radical (unpaired) electrons. The van der Waals surface area contributed by atoms with Crippen LogP contribution in [0.2, 0.25) is 0 Å². The van der Waals surface area contributed by atoms with Crippen molar-refractivity contribution in [2.45, 2.75) is 6.18 Å². The minimum absolute atomic E-state index is 0.488. The number of nitrogens with one attached hydrogen (secondary N) is 1. The summed E-state index contributed by atoms with van der Waals surface area (Å²) in [6.45, 7) is 1.30. The number of nitrogens with zero attached hydrogens (tertiary/aromatic N) is 1. The molecule has 0 aliphatic carbocycles. The molecule has 1 aliphatic heterocycles. The highest BCUT2D eigenvalue weighted by Crippen LogP contribution is 2.29. The van der Waals surface area contributed by atoms with Crippen LogP contribution in [0.4, 0.5) is 13.2 Å². The average molecular weight is 214 g/mol. The Hall–Kier alpha value is -1.52. The van der Waals surface area contributed by atoms with Crippen molar-refractivity contribution in [2.75, 3.05) is 13.1 Å². The van der Waals surface area contributed by atoms with Gasteiger partial charge in [-0.05, 0) is 12.1 Å². The Labute approximate surface area is 84.8 Å². The van der Waals surface area contributed by atoms with Crippen LogP contribution in [0.15, 0.2) is 29.3 Å². The van der Waals surface area contributed by atoms with Crippen molar-refractivity contribution in [2.24, 2.45) is 4.99 Å². The number of alkyl halides is 3. The summed E-state index contributed by atoms with van der Waals surface area (Å²) in [6, 6.07) is 5.17. The fourth-order valence-corrected chi connectivity index (χ4v) is 1.43. The number of aliphatic imine (C=N–C) groups is 1. The number of rotatable bonds is 1. The average Bonchev–Trinajstić information content (AvgIpc) is 2.69. The highest BCUT2D eigenvalue weighted by molar-refractivity contribution is 5.99. The van der Waals surface area contributed by atoms with Crippen LogP contribution in [0, 0.1) is 0 Å². The van der Waals surface area contributed by atoms with Crippen LogP contribution in [0.5, 0.6) is 0 Å². The normalized spacial score (nSPS) is 16.1. The third kappa shape index (κ3) is 2.11. The lowest BCUT2D eigenvalue weighted by Gasteiger charge is -2.08. The SMILES string of the molecule is FC(F)(F)c1cccc(C2=NCCN2)c1. The number of amidine groups is 1. The van der Waals surface area contributed by atoms with Gasteiger partial charge >= 0.3 is 6.18 Å². The van der Waals surface area contributed by atoms with Crippen molar-refractivity contribution in [3.8, 4) is 0 Å². The van der Waals surface area contributed by atoms with E-state index in [-0.39, 0.29) is 0 Å². The van der Waals surface area contributed by atoms with Crippen LogP contribution >= 0.6 is 0 Å². The van der Waals surface area contributed by atoms with E-state index in [1.165, 1.54) is 6.07 Å². The molecule has 0 aromatic heterocycles. The monoisotopic (exact) mass is 214 g/mol. The van der Waals surface area contributed by atoms with Gasteiger partial charge in [-0.3, -0.25) is 4.99 Å². The lowest BCUT2D eigenvalue weighted by atomic mass is 10.1. The molecule has 2 nitrogen and oxygen atoms in total. The first kappa shape index (κ1) is 10.0. The molecule has 1 aliphatic rings. The van der Waals surface area contributed by atoms with E-state index in [0.717, 1.165) is 12.1 Å². The van der Waals surface area contributed by atoms with Crippen molar-refractivity contribution in [1.29, 1.82) is 0 Å². The van der Waals surface area contributed by atoms with Crippen LogP contribution in [-0.2, 0) is 6.18 Å². The van der Waals surface area contributed by atoms with E-state index in [1.54, 1.807) is 6.07 Å². The molecule has 1 heterocycles. The lowest BCUT2D eigenvalue weighted by Crippen LogP contribution is -2.20. The summed E-state index contributed by atoms with van der Waals surface area (Å²) in [6.07, 6.45) is -4.30. The molecule has 0 saturated carbocycles. The smallest absolute Gasteiger partial charge is 0.368 e. The second kappa shape index (κ2) is 3.56. The quantitative estimate of drug-likeness (QED) is 0.760. The fraction of sp³-hybridized carbons (Fsp3) is 0.300. The summed E-state index contributed by atoms with van der Waals surface area (Å²) in [4.78, 5) is 4.07. The van der Waals surface area contributed by atoms with E-state index < -0.39 is 11.7 Å². The summed E-state index contributed by atoms with van der Waals surface area (Å²) in [5.74, 6) is 0.543. The zero-order chi connectivity index (χ0) is 10.9. The van der Waals surface area contributed by atoms with Crippen molar-refractivity contribution in [3.05, 3.63) is 35.4 Å². The molecule has 2 rings (SSSR count). The van der Waals surface area contributed by atoms with E-state index in [1.807, 2.05) is 0 Å². The third-order valence-electron chi connectivity index (χ3n) is 2.14. The minimum Gasteiger partial charge on any atom is -0.368 e. The van der Waals surface area contributed by atoms with Gasteiger partial charge in [0.2, 0.25) is 0 Å². The van der Waals surface area contributed by atoms with Crippen LogP contribution in [0.25, 0.3) is 0 Å². The van der Waals surface area contributed by atoms with Crippen molar-refractivity contribution in [3.63, 3.8) is 0 Å². The first-order chi connectivity index (χ1) is 7.07. The first-order valence-electron chi connectivity index (χ1n) is 4.53. The molecule has 0 bridgehead atoms. The summed E-state index contributed by atoms with van der Waals surface area (Å²) in [7, 11) is 0. The summed E-state index contributed by atoms with van der Waals surface area (Å²) < 4.78 is 37.2. The minimum atomic E-state index is -4.30. The van der Waals surface area contributed by atoms with Gasteiger partial charge in [0.05, 0.1) is 12.1 Å². The van der Waals surface area contributed by atoms with Crippen LogP contribution in [0.3, 0.4) is 0 Å². The van der Waals surface area contributed by atoms with Crippen molar-refractivity contribution < 1.29 is 13.2 Å². The maximum atomic E-state index is 12.4. The predicted molar refractivity (Wildman–Crippen MR) is 50.9 cm³/mol. The summed E-state index contributed by atoms with van der Waals surface area (Å²) in [5, 5.41) is 2.93. The molecule has 80 valence electrons. The van der Waals surface area contributed by atoms with Gasteiger partial charge in [-0.2, -0.15) is 13.2 Å². The molecule has 1 aromatic carbocycles. The van der Waals surface area contributed by atoms with E-state index in [9.17, 15) is 13.2 Å². The Morgan fingerprint density at radius 1 is 1.27 bits per heavy atom. The third-order valence-corrected chi connectivity index (χ3v) is 2.14. The zero-order valence-corrected chi connectivity index (χ0v) is 7.80. The van der Waals surface area contributed by atoms with Crippen LogP contribution < -0.4 is 5.32 Å². The van der Waals surface area contributed by atoms with Crippen molar-refractivity contribution in [1.82, 2.24) is 5.32 Å². The molecule has 0 fully saturated rings. The van der Waals surface area contributed by atoms with Gasteiger partial charge in [0, 0.05) is 12.1 Å². The molecular formula is C10H9F3N2. The Balaban J connectivity index is 2.34. The summed E-state index contributed by atoms with van der Waals surface area (Å²) >= 11 is 0. The molecule has 5 heteroatoms. The number of benzene rings is 1. The molecule has 0 unspecified atom stereocenters. The molecule has 0 saturated heterocycles. The number of hydrogen-bond donors (Lipinski definition) is 1. The highest BCUT2D eigenvalue weighted by Gasteiger charge is 2.30. The second-order valence-electron chi connectivity index (χ2n) is 3.24. The van der Waals surface area contributed by atoms with Crippen LogP contribution in [0.1, 0.15) is 11.1 Å². The number of hydrogen-bond acceptors (Lipinski definition) is 2. The molecule has 1 aromatic rings. The van der Waals surface area contributed by atoms with Gasteiger partial charge in [-0.15, -0.1) is 0 Å². The molecule has 1 N–H and O–H groups in total. The Morgan fingerprint density at radius 3 is 2.67 bits per heavy atom. The van der Waals surface area contributed by atoms with Gasteiger partial charge in [-0.1, -0.05) is 12.1 Å². The molecule has 0 amide bonds. The molecule has 0 atom stereocenters. The Bertz CT molecular complexity index is 396. The van der Waals surface area contributed by atoms with Gasteiger partial charge in [0.25, 0.3) is 0 Å². The van der Waals surface area contributed by atoms with Crippen molar-refractivity contribution >= 4 is 5.84 Å². The topological polar surface area (TPSA) is 24.4 Å². The molecule has 15 heavy (non-hydrogen) atoms. The standard InChI is InChI=1S/C10H9F3N2/c11-10(12,13)8-3-1-2-7(6-8)9-14-4-5-15-9/h1-3,6H,4-5H2,(H,14,15). The molecule has 0 spiro atoms. The predicted octanol–water partition coefficient (Wildman–Crippen LogP) is 2.06. The second-order valence-corrected chi connectivity index (χ2v) is 3.24. The zero-order valence-electron chi connectivity index (χ0n) is 7.80. The van der Waals surface area contributed by atoms with E-state index in [0.29, 0.717) is 24.5 Å². The maximum absolute atomic E-state index is 12.4. The van der Waals surface area contributed by atoms with Gasteiger partial charge < -0.3 is 5.32 Å². The largest absolute Gasteiger partial charge is 0.416 e. The van der Waals surface area contributed by atoms with Gasteiger partial charge in [0.15, 0.2) is 0 Å². The molecular weight excluding hydrogens is 205 g/mol. The van der Waals surface area contributed by atoms with Crippen LogP contribution in [-0.4, -0.2) is 18.9 Å². The Morgan fingerprint density at radius 2 is 2.07 bits per heavy atom.